The molecule has 0 spiro atoms. The first-order valence-electron chi connectivity index (χ1n) is 7.72. The molecule has 0 aromatic rings. The van der Waals surface area contributed by atoms with Gasteiger partial charge in [-0.1, -0.05) is 13.8 Å². The van der Waals surface area contributed by atoms with E-state index in [0.29, 0.717) is 0 Å². The summed E-state index contributed by atoms with van der Waals surface area (Å²) < 4.78 is 33.8. The van der Waals surface area contributed by atoms with Gasteiger partial charge in [0.1, 0.15) is 11.4 Å². The Balaban J connectivity index is 2.23. The molecule has 2 heterocycles. The predicted octanol–water partition coefficient (Wildman–Crippen LogP) is 0.599. The smallest absolute Gasteiger partial charge is 0.333 e. The Morgan fingerprint density at radius 2 is 1.79 bits per heavy atom. The number of sulfone groups is 1. The zero-order valence-electron chi connectivity index (χ0n) is 14.7. The lowest BCUT2D eigenvalue weighted by molar-refractivity contribution is -0.223. The van der Waals surface area contributed by atoms with E-state index in [0.717, 1.165) is 4.90 Å². The monoisotopic (exact) mass is 361 g/mol. The van der Waals surface area contributed by atoms with Crippen LogP contribution in [-0.4, -0.2) is 53.1 Å². The molecule has 0 N–H and O–H groups in total. The van der Waals surface area contributed by atoms with Crippen LogP contribution in [0.1, 0.15) is 48.0 Å². The van der Waals surface area contributed by atoms with Crippen LogP contribution in [0.15, 0.2) is 0 Å². The third-order valence-corrected chi connectivity index (χ3v) is 7.16. The molecule has 0 saturated carbocycles. The molecule has 0 aliphatic carbocycles. The van der Waals surface area contributed by atoms with Crippen molar-refractivity contribution in [1.29, 1.82) is 0 Å². The van der Waals surface area contributed by atoms with Gasteiger partial charge in [-0.15, -0.1) is 0 Å². The number of carbonyl (C=O) groups excluding carboxylic acids is 3. The van der Waals surface area contributed by atoms with E-state index in [1.807, 2.05) is 0 Å². The highest BCUT2D eigenvalue weighted by molar-refractivity contribution is 7.93. The van der Waals surface area contributed by atoms with Crippen molar-refractivity contribution in [2.24, 2.45) is 5.92 Å². The maximum absolute atomic E-state index is 12.6. The summed E-state index contributed by atoms with van der Waals surface area (Å²) in [6.07, 6.45) is -0.124. The summed E-state index contributed by atoms with van der Waals surface area (Å²) in [4.78, 5) is 37.1. The lowest BCUT2D eigenvalue weighted by Gasteiger charge is -2.37. The summed E-state index contributed by atoms with van der Waals surface area (Å²) in [5, 5.41) is -0.987. The molecule has 1 amide bonds. The molecule has 24 heavy (non-hydrogen) atoms. The fourth-order valence-electron chi connectivity index (χ4n) is 2.89. The molecular formula is C15H23NO7S. The van der Waals surface area contributed by atoms with E-state index in [-0.39, 0.29) is 6.42 Å². The van der Waals surface area contributed by atoms with Crippen LogP contribution in [0.4, 0.5) is 0 Å². The standard InChI is InChI=1S/C15H23NO7S/c1-8(2)12(18)22-15(5,6)23-13(19)11-14(3,4)24(20,21)10-7-9(17)16(10)11/h8,10-11H,7H2,1-6H3/t10-,11+/m1/s1. The summed E-state index contributed by atoms with van der Waals surface area (Å²) in [5.74, 6) is -3.84. The Morgan fingerprint density at radius 3 is 2.25 bits per heavy atom. The maximum Gasteiger partial charge on any atom is 0.333 e. The molecule has 2 atom stereocenters. The molecule has 0 radical (unpaired) electrons. The number of hydrogen-bond donors (Lipinski definition) is 0. The van der Waals surface area contributed by atoms with Crippen LogP contribution in [0, 0.1) is 5.92 Å². The number of rotatable bonds is 4. The molecule has 2 saturated heterocycles. The number of β-lactam (4-membered cyclic amide) rings is 1. The number of ether oxygens (including phenoxy) is 2. The third-order valence-electron chi connectivity index (χ3n) is 4.36. The minimum Gasteiger partial charge on any atom is -0.423 e. The van der Waals surface area contributed by atoms with Gasteiger partial charge in [0.05, 0.1) is 17.1 Å². The zero-order valence-corrected chi connectivity index (χ0v) is 15.5. The molecule has 2 aliphatic rings. The Morgan fingerprint density at radius 1 is 1.25 bits per heavy atom. The third kappa shape index (κ3) is 2.68. The van der Waals surface area contributed by atoms with Crippen LogP contribution >= 0.6 is 0 Å². The molecule has 2 fully saturated rings. The van der Waals surface area contributed by atoms with Gasteiger partial charge < -0.3 is 14.4 Å². The van der Waals surface area contributed by atoms with Crippen LogP contribution < -0.4 is 0 Å². The average molecular weight is 361 g/mol. The van der Waals surface area contributed by atoms with Crippen molar-refractivity contribution in [3.8, 4) is 0 Å². The van der Waals surface area contributed by atoms with Crippen LogP contribution in [0.25, 0.3) is 0 Å². The molecule has 0 unspecified atom stereocenters. The van der Waals surface area contributed by atoms with E-state index in [9.17, 15) is 22.8 Å². The summed E-state index contributed by atoms with van der Waals surface area (Å²) >= 11 is 0. The molecule has 8 nitrogen and oxygen atoms in total. The highest BCUT2D eigenvalue weighted by Gasteiger charge is 2.68. The summed E-state index contributed by atoms with van der Waals surface area (Å²) in [6.45, 7) is 8.83. The molecule has 0 aromatic carbocycles. The van der Waals surface area contributed by atoms with E-state index < -0.39 is 55.6 Å². The van der Waals surface area contributed by atoms with Crippen LogP contribution in [-0.2, 0) is 33.7 Å². The molecule has 2 rings (SSSR count). The fourth-order valence-corrected chi connectivity index (χ4v) is 5.01. The van der Waals surface area contributed by atoms with Gasteiger partial charge in [0.15, 0.2) is 9.84 Å². The van der Waals surface area contributed by atoms with Gasteiger partial charge in [0.2, 0.25) is 5.91 Å². The van der Waals surface area contributed by atoms with Crippen molar-refractivity contribution in [1.82, 2.24) is 4.90 Å². The lowest BCUT2D eigenvalue weighted by atomic mass is 9.98. The summed E-state index contributed by atoms with van der Waals surface area (Å²) in [7, 11) is -3.69. The second-order valence-corrected chi connectivity index (χ2v) is 10.1. The first-order chi connectivity index (χ1) is 10.7. The Labute approximate surface area is 141 Å². The Hall–Kier alpha value is -1.64. The molecule has 9 heteroatoms. The first kappa shape index (κ1) is 18.7. The summed E-state index contributed by atoms with van der Waals surface area (Å²) in [6, 6.07) is -1.26. The fraction of sp³-hybridized carbons (Fsp3) is 0.800. The van der Waals surface area contributed by atoms with Crippen molar-refractivity contribution < 1.29 is 32.3 Å². The van der Waals surface area contributed by atoms with E-state index in [1.165, 1.54) is 27.7 Å². The van der Waals surface area contributed by atoms with Crippen molar-refractivity contribution in [2.75, 3.05) is 0 Å². The van der Waals surface area contributed by atoms with Gasteiger partial charge in [-0.3, -0.25) is 9.59 Å². The Kier molecular flexibility index (Phi) is 4.23. The van der Waals surface area contributed by atoms with Crippen molar-refractivity contribution in [3.05, 3.63) is 0 Å². The number of fused-ring (bicyclic) bond motifs is 1. The minimum absolute atomic E-state index is 0.124. The highest BCUT2D eigenvalue weighted by atomic mass is 32.2. The zero-order chi connectivity index (χ0) is 18.7. The quantitative estimate of drug-likeness (QED) is 0.410. The van der Waals surface area contributed by atoms with Gasteiger partial charge in [-0.05, 0) is 13.8 Å². The summed E-state index contributed by atoms with van der Waals surface area (Å²) in [5.41, 5.74) is 0. The van der Waals surface area contributed by atoms with Crippen LogP contribution in [0.2, 0.25) is 0 Å². The average Bonchev–Trinajstić information content (AvgIpc) is 2.51. The number of carbonyl (C=O) groups is 3. The van der Waals surface area contributed by atoms with E-state index >= 15 is 0 Å². The first-order valence-corrected chi connectivity index (χ1v) is 9.27. The number of hydrogen-bond acceptors (Lipinski definition) is 7. The van der Waals surface area contributed by atoms with E-state index in [2.05, 4.69) is 0 Å². The van der Waals surface area contributed by atoms with E-state index in [1.54, 1.807) is 13.8 Å². The topological polar surface area (TPSA) is 107 Å². The van der Waals surface area contributed by atoms with Gasteiger partial charge in [0, 0.05) is 13.8 Å². The second kappa shape index (κ2) is 5.44. The SMILES string of the molecule is CC(C)C(=O)OC(C)(C)OC(=O)[C@@H]1N2C(=O)C[C@H]2S(=O)(=O)C1(C)C. The normalized spacial score (nSPS) is 27.5. The van der Waals surface area contributed by atoms with Gasteiger partial charge >= 0.3 is 11.9 Å². The molecule has 0 bridgehead atoms. The predicted molar refractivity (Wildman–Crippen MR) is 83.1 cm³/mol. The van der Waals surface area contributed by atoms with Gasteiger partial charge in [-0.25, -0.2) is 13.2 Å². The van der Waals surface area contributed by atoms with Crippen LogP contribution in [0.3, 0.4) is 0 Å². The number of esters is 2. The molecule has 136 valence electrons. The van der Waals surface area contributed by atoms with Gasteiger partial charge in [0.25, 0.3) is 5.79 Å². The van der Waals surface area contributed by atoms with Crippen molar-refractivity contribution >= 4 is 27.7 Å². The van der Waals surface area contributed by atoms with E-state index in [4.69, 9.17) is 9.47 Å². The number of nitrogens with zero attached hydrogens (tertiary/aromatic N) is 1. The van der Waals surface area contributed by atoms with Crippen molar-refractivity contribution in [3.63, 3.8) is 0 Å². The minimum atomic E-state index is -3.69. The Bertz CT molecular complexity index is 693. The second-order valence-electron chi connectivity index (χ2n) is 7.41. The molecule has 2 aliphatic heterocycles. The largest absolute Gasteiger partial charge is 0.423 e. The van der Waals surface area contributed by atoms with Gasteiger partial charge in [-0.2, -0.15) is 0 Å². The molecular weight excluding hydrogens is 338 g/mol. The highest BCUT2D eigenvalue weighted by Crippen LogP contribution is 2.46. The van der Waals surface area contributed by atoms with Crippen molar-refractivity contribution in [2.45, 2.75) is 69.9 Å². The van der Waals surface area contributed by atoms with Crippen LogP contribution in [0.5, 0.6) is 0 Å². The lowest BCUT2D eigenvalue weighted by Crippen LogP contribution is -2.58. The maximum atomic E-state index is 12.6. The molecule has 0 aromatic heterocycles. The number of amides is 1.